The highest BCUT2D eigenvalue weighted by Gasteiger charge is 2.13. The number of aromatic carboxylic acids is 1. The number of hydrogen-bond donors (Lipinski definition) is 2. The Kier molecular flexibility index (Phi) is 26.7. The van der Waals surface area contributed by atoms with Gasteiger partial charge in [-0.2, -0.15) is 0 Å². The highest BCUT2D eigenvalue weighted by atomic mass is 79.9. The Balaban J connectivity index is 0. The van der Waals surface area contributed by atoms with Gasteiger partial charge in [0.2, 0.25) is 10.0 Å². The summed E-state index contributed by atoms with van der Waals surface area (Å²) in [6.07, 6.45) is 0. The molecule has 0 aliphatic rings. The van der Waals surface area contributed by atoms with Crippen LogP contribution in [0.15, 0.2) is 16.1 Å². The van der Waals surface area contributed by atoms with Crippen molar-refractivity contribution in [2.75, 3.05) is 18.5 Å². The summed E-state index contributed by atoms with van der Waals surface area (Å²) in [5, 5.41) is 15.1. The topological polar surface area (TPSA) is 189 Å². The van der Waals surface area contributed by atoms with Gasteiger partial charge in [-0.1, -0.05) is 83.5 Å². The first-order chi connectivity index (χ1) is 23.2. The molecule has 0 radical (unpaired) electrons. The SMILES string of the molecule is CC(C)C(=O)CBr.CC(C)c1csc(C(=O)Cl)n1.CC(C)c1csc(C(=O)O)n1.CCOC(=O)C(N)=S.CCOC(=O)c1nc(C(C)C)cs1. The summed E-state index contributed by atoms with van der Waals surface area (Å²) >= 11 is 16.4. The summed E-state index contributed by atoms with van der Waals surface area (Å²) in [6.45, 7) is 20.1. The molecule has 280 valence electrons. The zero-order valence-electron chi connectivity index (χ0n) is 29.8. The molecule has 3 N–H and O–H groups in total. The molecule has 0 saturated heterocycles. The van der Waals surface area contributed by atoms with Gasteiger partial charge in [0.15, 0.2) is 10.00 Å². The molecule has 18 heteroatoms. The first-order valence-corrected chi connectivity index (χ1v) is 19.8. The lowest BCUT2D eigenvalue weighted by Crippen LogP contribution is -2.23. The number of alkyl halides is 1. The second kappa shape index (κ2) is 27.0. The maximum absolute atomic E-state index is 11.2. The van der Waals surface area contributed by atoms with Crippen LogP contribution in [0.3, 0.4) is 0 Å². The van der Waals surface area contributed by atoms with Crippen molar-refractivity contribution in [3.8, 4) is 0 Å². The lowest BCUT2D eigenvalue weighted by molar-refractivity contribution is -0.134. The smallest absolute Gasteiger partial charge is 0.367 e. The number of carbonyl (C=O) groups excluding carboxylic acids is 4. The molecular formula is C32H46BrClN4O8S4. The molecule has 3 heterocycles. The Morgan fingerprint density at radius 1 is 0.780 bits per heavy atom. The maximum Gasteiger partial charge on any atom is 0.367 e. The molecule has 12 nitrogen and oxygen atoms in total. The van der Waals surface area contributed by atoms with Crippen molar-refractivity contribution in [3.63, 3.8) is 0 Å². The van der Waals surface area contributed by atoms with E-state index < -0.39 is 17.2 Å². The van der Waals surface area contributed by atoms with Crippen molar-refractivity contribution < 1.29 is 38.6 Å². The number of carboxylic acid groups (broad SMARTS) is 1. The quantitative estimate of drug-likeness (QED) is 0.0856. The Morgan fingerprint density at radius 2 is 1.16 bits per heavy atom. The third-order valence-corrected chi connectivity index (χ3v) is 8.95. The standard InChI is InChI=1S/C9H13NO2S.C7H8ClNOS.C7H9NO2S.C5H9BrO.C4H7NO2S/c1-4-12-9(11)8-10-7(5-13-8)6(2)3;1-4(2)5-3-11-7(9-5)6(8)10;1-4(2)5-3-11-6(8-5)7(9)10;1-4(2)5(7)3-6;1-2-7-4(6)3(5)8/h5-6H,4H2,1-3H3;3-4H,1-2H3;3-4H,1-2H3,(H,9,10);4H,3H2,1-2H3;2H2,1H3,(H2,5,8). The number of carbonyl (C=O) groups is 5. The molecule has 0 saturated carbocycles. The molecule has 0 unspecified atom stereocenters. The molecule has 0 aliphatic heterocycles. The van der Waals surface area contributed by atoms with Crippen molar-refractivity contribution in [1.82, 2.24) is 15.0 Å². The van der Waals surface area contributed by atoms with Gasteiger partial charge in [0, 0.05) is 22.1 Å². The third-order valence-electron chi connectivity index (χ3n) is 5.39. The normalized spacial score (nSPS) is 10.0. The van der Waals surface area contributed by atoms with Crippen molar-refractivity contribution in [3.05, 3.63) is 48.2 Å². The monoisotopic (exact) mass is 856 g/mol. The van der Waals surface area contributed by atoms with Crippen molar-refractivity contribution in [2.24, 2.45) is 11.7 Å². The Bertz CT molecular complexity index is 1450. The average Bonchev–Trinajstić information content (AvgIpc) is 3.83. The van der Waals surface area contributed by atoms with Gasteiger partial charge < -0.3 is 20.3 Å². The van der Waals surface area contributed by atoms with Gasteiger partial charge in [-0.25, -0.2) is 29.3 Å². The molecule has 0 amide bonds. The van der Waals surface area contributed by atoms with E-state index in [1.165, 1.54) is 34.0 Å². The third kappa shape index (κ3) is 21.5. The molecule has 0 bridgehead atoms. The fourth-order valence-electron chi connectivity index (χ4n) is 2.49. The molecule has 0 atom stereocenters. The van der Waals surface area contributed by atoms with Crippen LogP contribution in [0.25, 0.3) is 0 Å². The highest BCUT2D eigenvalue weighted by Crippen LogP contribution is 2.20. The van der Waals surface area contributed by atoms with Gasteiger partial charge in [0.25, 0.3) is 5.24 Å². The summed E-state index contributed by atoms with van der Waals surface area (Å²) in [4.78, 5) is 64.8. The number of thiocarbonyl (C=S) groups is 1. The Morgan fingerprint density at radius 3 is 1.38 bits per heavy atom. The van der Waals surface area contributed by atoms with E-state index in [1.54, 1.807) is 19.2 Å². The van der Waals surface area contributed by atoms with E-state index in [1.807, 2.05) is 66.2 Å². The van der Waals surface area contributed by atoms with Crippen molar-refractivity contribution >= 4 is 108 Å². The van der Waals surface area contributed by atoms with Gasteiger partial charge in [0.1, 0.15) is 5.78 Å². The predicted octanol–water partition coefficient (Wildman–Crippen LogP) is 8.50. The van der Waals surface area contributed by atoms with Gasteiger partial charge in [-0.15, -0.1) is 34.0 Å². The van der Waals surface area contributed by atoms with Gasteiger partial charge in [-0.3, -0.25) is 9.59 Å². The maximum atomic E-state index is 11.2. The van der Waals surface area contributed by atoms with Crippen LogP contribution in [0.5, 0.6) is 0 Å². The first-order valence-electron chi connectivity index (χ1n) is 15.2. The second-order valence-electron chi connectivity index (χ2n) is 10.8. The van der Waals surface area contributed by atoms with E-state index in [4.69, 9.17) is 27.2 Å². The van der Waals surface area contributed by atoms with Crippen molar-refractivity contribution in [2.45, 2.75) is 87.0 Å². The van der Waals surface area contributed by atoms with Gasteiger partial charge in [0.05, 0.1) is 35.6 Å². The minimum atomic E-state index is -0.943. The number of aromatic nitrogens is 3. The van der Waals surface area contributed by atoms with Crippen molar-refractivity contribution in [1.29, 1.82) is 0 Å². The summed E-state index contributed by atoms with van der Waals surface area (Å²) in [6, 6.07) is 0. The lowest BCUT2D eigenvalue weighted by atomic mass is 10.1. The number of hydrogen-bond acceptors (Lipinski definition) is 14. The number of rotatable bonds is 10. The molecule has 0 aromatic carbocycles. The number of esters is 2. The summed E-state index contributed by atoms with van der Waals surface area (Å²) in [7, 11) is 0. The van der Waals surface area contributed by atoms with Gasteiger partial charge in [-0.05, 0) is 43.2 Å². The van der Waals surface area contributed by atoms with Crippen LogP contribution in [-0.4, -0.2) is 72.5 Å². The predicted molar refractivity (Wildman–Crippen MR) is 209 cm³/mol. The largest absolute Gasteiger partial charge is 0.476 e. The Hall–Kier alpha value is -2.70. The first kappa shape index (κ1) is 49.4. The molecule has 50 heavy (non-hydrogen) atoms. The fourth-order valence-corrected chi connectivity index (χ4v) is 5.86. The minimum absolute atomic E-state index is 0.175. The molecule has 3 aromatic heterocycles. The molecule has 0 spiro atoms. The summed E-state index contributed by atoms with van der Waals surface area (Å²) in [5.41, 5.74) is 7.61. The number of Topliss-reactive ketones (excluding diaryl/α,β-unsaturated/α-hetero) is 1. The van der Waals surface area contributed by atoms with Crippen LogP contribution in [0.2, 0.25) is 0 Å². The fraction of sp³-hybridized carbons (Fsp3) is 0.531. The number of thiazole rings is 3. The number of halogens is 2. The van der Waals surface area contributed by atoms with E-state index in [9.17, 15) is 24.0 Å². The van der Waals surface area contributed by atoms with Crippen LogP contribution in [0, 0.1) is 5.92 Å². The van der Waals surface area contributed by atoms with Crippen LogP contribution >= 0.6 is 73.8 Å². The number of nitrogens with two attached hydrogens (primary N) is 1. The van der Waals surface area contributed by atoms with E-state index in [0.717, 1.165) is 17.1 Å². The van der Waals surface area contributed by atoms with Gasteiger partial charge >= 0.3 is 17.9 Å². The Labute approximate surface area is 324 Å². The minimum Gasteiger partial charge on any atom is -0.476 e. The zero-order valence-corrected chi connectivity index (χ0v) is 35.4. The number of ketones is 1. The molecule has 0 fully saturated rings. The molecule has 3 aromatic rings. The number of nitrogens with zero attached hydrogens (tertiary/aromatic N) is 3. The van der Waals surface area contributed by atoms with Crippen LogP contribution in [-0.2, 0) is 19.1 Å². The highest BCUT2D eigenvalue weighted by molar-refractivity contribution is 9.09. The lowest BCUT2D eigenvalue weighted by Gasteiger charge is -1.97. The van der Waals surface area contributed by atoms with E-state index >= 15 is 0 Å². The van der Waals surface area contributed by atoms with Crippen LogP contribution in [0.1, 0.15) is 133 Å². The summed E-state index contributed by atoms with van der Waals surface area (Å²) in [5.74, 6) is -0.405. The summed E-state index contributed by atoms with van der Waals surface area (Å²) < 4.78 is 9.23. The van der Waals surface area contributed by atoms with E-state index in [0.29, 0.717) is 46.3 Å². The van der Waals surface area contributed by atoms with Crippen LogP contribution < -0.4 is 5.73 Å². The molecule has 0 aliphatic carbocycles. The van der Waals surface area contributed by atoms with Crippen LogP contribution in [0.4, 0.5) is 0 Å². The average molecular weight is 858 g/mol. The van der Waals surface area contributed by atoms with E-state index in [2.05, 4.69) is 47.8 Å². The van der Waals surface area contributed by atoms with E-state index in [-0.39, 0.29) is 27.7 Å². The molecular weight excluding hydrogens is 812 g/mol. The number of ether oxygens (including phenoxy) is 2. The molecule has 3 rings (SSSR count). The zero-order chi connectivity index (χ0) is 39.1. The number of carboxylic acids is 1. The second-order valence-corrected chi connectivity index (χ2v) is 14.8.